The summed E-state index contributed by atoms with van der Waals surface area (Å²) in [5, 5.41) is 11.0. The number of nitrogens with zero attached hydrogens (tertiary/aromatic N) is 1. The molecule has 2 N–H and O–H groups in total. The van der Waals surface area contributed by atoms with Crippen LogP contribution in [-0.2, 0) is 4.79 Å². The highest BCUT2D eigenvalue weighted by Gasteiger charge is 2.29. The molecule has 5 nitrogen and oxygen atoms in total. The second-order valence-electron chi connectivity index (χ2n) is 3.25. The minimum absolute atomic E-state index is 0.414. The lowest BCUT2D eigenvalue weighted by atomic mass is 10.1. The number of aliphatic carboxylic acids is 1. The van der Waals surface area contributed by atoms with Crippen LogP contribution in [0.2, 0.25) is 0 Å². The molecule has 70 valence electrons. The van der Waals surface area contributed by atoms with Gasteiger partial charge in [0, 0.05) is 14.1 Å². The number of rotatable bonds is 2. The number of amides is 2. The largest absolute Gasteiger partial charge is 0.480 e. The minimum Gasteiger partial charge on any atom is -0.480 e. The second kappa shape index (κ2) is 3.42. The molecule has 0 aromatic heterocycles. The van der Waals surface area contributed by atoms with E-state index in [0.717, 1.165) is 0 Å². The molecule has 0 aromatic carbocycles. The van der Waals surface area contributed by atoms with Crippen LogP contribution in [0.3, 0.4) is 0 Å². The molecule has 0 bridgehead atoms. The van der Waals surface area contributed by atoms with E-state index in [4.69, 9.17) is 5.11 Å². The van der Waals surface area contributed by atoms with Crippen molar-refractivity contribution in [2.75, 3.05) is 14.1 Å². The fourth-order valence-electron chi connectivity index (χ4n) is 0.433. The fraction of sp³-hybridized carbons (Fsp3) is 0.714. The first-order valence-corrected chi connectivity index (χ1v) is 3.50. The predicted octanol–water partition coefficient (Wildman–Crippen LogP) is 0.121. The first-order valence-electron chi connectivity index (χ1n) is 3.50. The van der Waals surface area contributed by atoms with Gasteiger partial charge in [-0.15, -0.1) is 0 Å². The van der Waals surface area contributed by atoms with Crippen LogP contribution in [0.5, 0.6) is 0 Å². The molecule has 0 aliphatic heterocycles. The quantitative estimate of drug-likeness (QED) is 0.624. The van der Waals surface area contributed by atoms with Crippen molar-refractivity contribution in [1.82, 2.24) is 10.2 Å². The van der Waals surface area contributed by atoms with E-state index < -0.39 is 17.5 Å². The zero-order valence-corrected chi connectivity index (χ0v) is 7.71. The van der Waals surface area contributed by atoms with E-state index in [-0.39, 0.29) is 0 Å². The average Bonchev–Trinajstić information content (AvgIpc) is 1.85. The van der Waals surface area contributed by atoms with Gasteiger partial charge in [-0.2, -0.15) is 0 Å². The molecule has 0 spiro atoms. The third kappa shape index (κ3) is 2.77. The molecule has 0 aliphatic rings. The van der Waals surface area contributed by atoms with Gasteiger partial charge in [0.25, 0.3) is 0 Å². The summed E-state index contributed by atoms with van der Waals surface area (Å²) in [6, 6.07) is -0.414. The molecule has 0 fully saturated rings. The van der Waals surface area contributed by atoms with Crippen LogP contribution < -0.4 is 5.32 Å². The Morgan fingerprint density at radius 1 is 1.33 bits per heavy atom. The number of carboxylic acid groups (broad SMARTS) is 1. The monoisotopic (exact) mass is 174 g/mol. The number of hydrogen-bond donors (Lipinski definition) is 2. The van der Waals surface area contributed by atoms with Gasteiger partial charge in [-0.3, -0.25) is 0 Å². The zero-order valence-electron chi connectivity index (χ0n) is 7.71. The van der Waals surface area contributed by atoms with Gasteiger partial charge in [-0.25, -0.2) is 9.59 Å². The van der Waals surface area contributed by atoms with Gasteiger partial charge in [-0.1, -0.05) is 0 Å². The average molecular weight is 174 g/mol. The molecule has 0 aromatic rings. The number of carbonyl (C=O) groups excluding carboxylic acids is 1. The Morgan fingerprint density at radius 3 is 2.00 bits per heavy atom. The summed E-state index contributed by atoms with van der Waals surface area (Å²) >= 11 is 0. The van der Waals surface area contributed by atoms with Gasteiger partial charge in [0.05, 0.1) is 0 Å². The van der Waals surface area contributed by atoms with Gasteiger partial charge < -0.3 is 15.3 Å². The maximum Gasteiger partial charge on any atom is 0.328 e. The Bertz CT molecular complexity index is 199. The summed E-state index contributed by atoms with van der Waals surface area (Å²) in [7, 11) is 3.10. The van der Waals surface area contributed by atoms with Gasteiger partial charge >= 0.3 is 12.0 Å². The van der Waals surface area contributed by atoms with Crippen LogP contribution in [-0.4, -0.2) is 41.6 Å². The predicted molar refractivity (Wildman–Crippen MR) is 43.9 cm³/mol. The van der Waals surface area contributed by atoms with E-state index in [1.807, 2.05) is 0 Å². The fourth-order valence-corrected chi connectivity index (χ4v) is 0.433. The van der Waals surface area contributed by atoms with Crippen molar-refractivity contribution >= 4 is 12.0 Å². The van der Waals surface area contributed by atoms with Crippen molar-refractivity contribution in [2.24, 2.45) is 0 Å². The molecule has 5 heteroatoms. The summed E-state index contributed by atoms with van der Waals surface area (Å²) < 4.78 is 0. The topological polar surface area (TPSA) is 69.6 Å². The third-order valence-electron chi connectivity index (χ3n) is 1.36. The zero-order chi connectivity index (χ0) is 9.94. The summed E-state index contributed by atoms with van der Waals surface area (Å²) in [6.45, 7) is 2.85. The van der Waals surface area contributed by atoms with Crippen LogP contribution in [0.1, 0.15) is 13.8 Å². The van der Waals surface area contributed by atoms with Crippen LogP contribution >= 0.6 is 0 Å². The molecule has 0 aliphatic carbocycles. The van der Waals surface area contributed by atoms with E-state index in [9.17, 15) is 9.59 Å². The third-order valence-corrected chi connectivity index (χ3v) is 1.36. The Labute approximate surface area is 71.4 Å². The number of carboxylic acids is 1. The number of nitrogens with one attached hydrogen (secondary N) is 1. The molecule has 12 heavy (non-hydrogen) atoms. The molecule has 0 rings (SSSR count). The maximum atomic E-state index is 11.0. The second-order valence-corrected chi connectivity index (χ2v) is 3.25. The van der Waals surface area contributed by atoms with Crippen molar-refractivity contribution in [3.8, 4) is 0 Å². The highest BCUT2D eigenvalue weighted by molar-refractivity contribution is 5.85. The summed E-state index contributed by atoms with van der Waals surface area (Å²) in [5.41, 5.74) is -1.22. The summed E-state index contributed by atoms with van der Waals surface area (Å²) in [4.78, 5) is 22.8. The molecule has 2 amide bonds. The summed E-state index contributed by atoms with van der Waals surface area (Å²) in [6.07, 6.45) is 0. The SMILES string of the molecule is CN(C)C(=O)NC(C)(C)C(=O)O. The van der Waals surface area contributed by atoms with Crippen molar-refractivity contribution in [2.45, 2.75) is 19.4 Å². The summed E-state index contributed by atoms with van der Waals surface area (Å²) in [5.74, 6) is -1.06. The Kier molecular flexibility index (Phi) is 3.06. The molecule has 0 saturated heterocycles. The van der Waals surface area contributed by atoms with Crippen LogP contribution in [0.15, 0.2) is 0 Å². The van der Waals surface area contributed by atoms with E-state index in [2.05, 4.69) is 5.32 Å². The smallest absolute Gasteiger partial charge is 0.328 e. The molecule has 0 radical (unpaired) electrons. The number of hydrogen-bond acceptors (Lipinski definition) is 2. The van der Waals surface area contributed by atoms with Gasteiger partial charge in [0.15, 0.2) is 0 Å². The lowest BCUT2D eigenvalue weighted by Crippen LogP contribution is -2.52. The highest BCUT2D eigenvalue weighted by Crippen LogP contribution is 2.01. The van der Waals surface area contributed by atoms with Crippen molar-refractivity contribution in [3.05, 3.63) is 0 Å². The maximum absolute atomic E-state index is 11.0. The van der Waals surface area contributed by atoms with Crippen molar-refractivity contribution in [1.29, 1.82) is 0 Å². The van der Waals surface area contributed by atoms with Crippen LogP contribution in [0.4, 0.5) is 4.79 Å². The van der Waals surface area contributed by atoms with Gasteiger partial charge in [-0.05, 0) is 13.8 Å². The standard InChI is InChI=1S/C7H14N2O3/c1-7(2,5(10)11)8-6(12)9(3)4/h1-4H3,(H,8,12)(H,10,11). The number of urea groups is 1. The van der Waals surface area contributed by atoms with E-state index in [0.29, 0.717) is 0 Å². The molecule has 0 atom stereocenters. The van der Waals surface area contributed by atoms with E-state index in [1.165, 1.54) is 18.7 Å². The normalized spacial score (nSPS) is 10.7. The Hall–Kier alpha value is -1.26. The molecular formula is C7H14N2O3. The molecule has 0 heterocycles. The minimum atomic E-state index is -1.22. The first kappa shape index (κ1) is 10.7. The van der Waals surface area contributed by atoms with Crippen LogP contribution in [0.25, 0.3) is 0 Å². The highest BCUT2D eigenvalue weighted by atomic mass is 16.4. The van der Waals surface area contributed by atoms with Crippen molar-refractivity contribution < 1.29 is 14.7 Å². The van der Waals surface area contributed by atoms with E-state index in [1.54, 1.807) is 14.1 Å². The Balaban J connectivity index is 4.25. The first-order chi connectivity index (χ1) is 5.27. The van der Waals surface area contributed by atoms with E-state index >= 15 is 0 Å². The lowest BCUT2D eigenvalue weighted by molar-refractivity contribution is -0.143. The lowest BCUT2D eigenvalue weighted by Gasteiger charge is -2.23. The Morgan fingerprint density at radius 2 is 1.75 bits per heavy atom. The van der Waals surface area contributed by atoms with Gasteiger partial charge in [0.1, 0.15) is 5.54 Å². The van der Waals surface area contributed by atoms with Gasteiger partial charge in [0.2, 0.25) is 0 Å². The molecular weight excluding hydrogens is 160 g/mol. The molecule has 0 saturated carbocycles. The van der Waals surface area contributed by atoms with Crippen LogP contribution in [0, 0.1) is 0 Å². The van der Waals surface area contributed by atoms with Crippen molar-refractivity contribution in [3.63, 3.8) is 0 Å². The number of carbonyl (C=O) groups is 2. The molecule has 0 unspecified atom stereocenters.